The van der Waals surface area contributed by atoms with Gasteiger partial charge in [-0.3, -0.25) is 4.79 Å². The number of benzene rings is 1. The summed E-state index contributed by atoms with van der Waals surface area (Å²) in [5.74, 6) is 2.04. The molecule has 130 valence electrons. The van der Waals surface area contributed by atoms with E-state index >= 15 is 0 Å². The second-order valence-electron chi connectivity index (χ2n) is 6.92. The first kappa shape index (κ1) is 16.1. The van der Waals surface area contributed by atoms with Crippen LogP contribution in [-0.4, -0.2) is 36.0 Å². The van der Waals surface area contributed by atoms with Gasteiger partial charge >= 0.3 is 0 Å². The Morgan fingerprint density at radius 1 is 1.16 bits per heavy atom. The molecule has 2 heterocycles. The van der Waals surface area contributed by atoms with E-state index in [0.717, 1.165) is 62.4 Å². The van der Waals surface area contributed by atoms with Crippen LogP contribution in [0.1, 0.15) is 30.5 Å². The first-order chi connectivity index (χ1) is 12.3. The van der Waals surface area contributed by atoms with Gasteiger partial charge in [-0.1, -0.05) is 30.3 Å². The molecule has 1 saturated heterocycles. The Bertz CT molecular complexity index is 775. The van der Waals surface area contributed by atoms with Crippen LogP contribution in [0.5, 0.6) is 0 Å². The Kier molecular flexibility index (Phi) is 4.38. The summed E-state index contributed by atoms with van der Waals surface area (Å²) in [6, 6.07) is 10.2. The lowest BCUT2D eigenvalue weighted by molar-refractivity contribution is -0.124. The highest BCUT2D eigenvalue weighted by Crippen LogP contribution is 2.33. The summed E-state index contributed by atoms with van der Waals surface area (Å²) < 4.78 is 0. The van der Waals surface area contributed by atoms with Crippen molar-refractivity contribution in [2.45, 2.75) is 32.1 Å². The van der Waals surface area contributed by atoms with E-state index in [1.54, 1.807) is 7.05 Å². The highest BCUT2D eigenvalue weighted by Gasteiger charge is 2.29. The number of carbonyl (C=O) groups is 1. The van der Waals surface area contributed by atoms with Crippen molar-refractivity contribution >= 4 is 11.7 Å². The molecule has 0 bridgehead atoms. The molecule has 1 aliphatic carbocycles. The van der Waals surface area contributed by atoms with Gasteiger partial charge in [0.15, 0.2) is 5.82 Å². The summed E-state index contributed by atoms with van der Waals surface area (Å²) in [7, 11) is 1.72. The monoisotopic (exact) mass is 336 g/mol. The Hall–Kier alpha value is -2.43. The van der Waals surface area contributed by atoms with Crippen LogP contribution in [0.25, 0.3) is 11.4 Å². The topological polar surface area (TPSA) is 58.1 Å². The van der Waals surface area contributed by atoms with Gasteiger partial charge in [-0.15, -0.1) is 0 Å². The highest BCUT2D eigenvalue weighted by molar-refractivity contribution is 5.79. The Balaban J connectivity index is 1.71. The second kappa shape index (κ2) is 6.82. The normalized spacial score (nSPS) is 19.6. The van der Waals surface area contributed by atoms with E-state index in [-0.39, 0.29) is 11.8 Å². The summed E-state index contributed by atoms with van der Waals surface area (Å²) in [5.41, 5.74) is 3.53. The smallest absolute Gasteiger partial charge is 0.224 e. The fourth-order valence-corrected chi connectivity index (χ4v) is 3.98. The van der Waals surface area contributed by atoms with Crippen LogP contribution in [0.15, 0.2) is 30.3 Å². The minimum atomic E-state index is 0.0472. The van der Waals surface area contributed by atoms with E-state index in [4.69, 9.17) is 9.97 Å². The quantitative estimate of drug-likeness (QED) is 0.936. The summed E-state index contributed by atoms with van der Waals surface area (Å²) in [6.07, 6.45) is 5.19. The molecule has 1 N–H and O–H groups in total. The second-order valence-corrected chi connectivity index (χ2v) is 6.92. The number of aromatic nitrogens is 2. The van der Waals surface area contributed by atoms with Crippen LogP contribution < -0.4 is 10.2 Å². The van der Waals surface area contributed by atoms with Crippen molar-refractivity contribution in [3.63, 3.8) is 0 Å². The number of rotatable bonds is 3. The number of hydrogen-bond donors (Lipinski definition) is 1. The molecule has 0 unspecified atom stereocenters. The van der Waals surface area contributed by atoms with Crippen molar-refractivity contribution < 1.29 is 4.79 Å². The lowest BCUT2D eigenvalue weighted by Crippen LogP contribution is -2.43. The molecule has 25 heavy (non-hydrogen) atoms. The maximum Gasteiger partial charge on any atom is 0.224 e. The molecule has 0 radical (unpaired) electrons. The van der Waals surface area contributed by atoms with Gasteiger partial charge in [-0.05, 0) is 32.1 Å². The molecule has 1 aromatic heterocycles. The highest BCUT2D eigenvalue weighted by atomic mass is 16.1. The number of fused-ring (bicyclic) bond motifs is 1. The minimum Gasteiger partial charge on any atom is -0.359 e. The molecule has 4 rings (SSSR count). The summed E-state index contributed by atoms with van der Waals surface area (Å²) in [4.78, 5) is 24.2. The van der Waals surface area contributed by atoms with Crippen LogP contribution in [-0.2, 0) is 17.6 Å². The Labute approximate surface area is 148 Å². The van der Waals surface area contributed by atoms with E-state index in [9.17, 15) is 4.79 Å². The third kappa shape index (κ3) is 3.11. The van der Waals surface area contributed by atoms with Gasteiger partial charge in [0.1, 0.15) is 5.82 Å². The molecule has 0 saturated carbocycles. The number of hydrogen-bond acceptors (Lipinski definition) is 4. The summed E-state index contributed by atoms with van der Waals surface area (Å²) >= 11 is 0. The molecule has 1 aromatic carbocycles. The Morgan fingerprint density at radius 3 is 2.80 bits per heavy atom. The molecular formula is C20H24N4O. The standard InChI is InChI=1S/C20H24N4O/c1-21-20(25)15-9-6-12-24(13-15)19-16-10-5-11-17(16)22-18(23-19)14-7-3-2-4-8-14/h2-4,7-8,15H,5-6,9-13H2,1H3,(H,21,25)/t15-/m0/s1. The van der Waals surface area contributed by atoms with E-state index in [1.165, 1.54) is 11.3 Å². The van der Waals surface area contributed by atoms with Crippen molar-refractivity contribution in [2.24, 2.45) is 5.92 Å². The largest absolute Gasteiger partial charge is 0.359 e. The lowest BCUT2D eigenvalue weighted by Gasteiger charge is -2.34. The zero-order valence-electron chi connectivity index (χ0n) is 14.7. The van der Waals surface area contributed by atoms with Gasteiger partial charge in [0.25, 0.3) is 0 Å². The minimum absolute atomic E-state index is 0.0472. The molecule has 1 atom stereocenters. The van der Waals surface area contributed by atoms with E-state index in [0.29, 0.717) is 0 Å². The van der Waals surface area contributed by atoms with Gasteiger partial charge in [0.2, 0.25) is 5.91 Å². The molecule has 1 amide bonds. The average Bonchev–Trinajstić information content (AvgIpc) is 3.16. The predicted molar refractivity (Wildman–Crippen MR) is 98.5 cm³/mol. The third-order valence-electron chi connectivity index (χ3n) is 5.28. The predicted octanol–water partition coefficient (Wildman–Crippen LogP) is 2.59. The molecule has 2 aliphatic rings. The lowest BCUT2D eigenvalue weighted by atomic mass is 9.96. The number of anilines is 1. The van der Waals surface area contributed by atoms with Gasteiger partial charge in [-0.2, -0.15) is 0 Å². The van der Waals surface area contributed by atoms with Crippen molar-refractivity contribution in [2.75, 3.05) is 25.0 Å². The number of piperidine rings is 1. The van der Waals surface area contributed by atoms with Crippen molar-refractivity contribution in [3.8, 4) is 11.4 Å². The zero-order valence-corrected chi connectivity index (χ0v) is 14.7. The third-order valence-corrected chi connectivity index (χ3v) is 5.28. The van der Waals surface area contributed by atoms with E-state index < -0.39 is 0 Å². The van der Waals surface area contributed by atoms with Gasteiger partial charge < -0.3 is 10.2 Å². The van der Waals surface area contributed by atoms with Crippen molar-refractivity contribution in [1.82, 2.24) is 15.3 Å². The van der Waals surface area contributed by atoms with Crippen LogP contribution in [0.4, 0.5) is 5.82 Å². The van der Waals surface area contributed by atoms with Crippen LogP contribution in [0.2, 0.25) is 0 Å². The summed E-state index contributed by atoms with van der Waals surface area (Å²) in [6.45, 7) is 1.71. The number of aryl methyl sites for hydroxylation is 1. The van der Waals surface area contributed by atoms with E-state index in [1.807, 2.05) is 18.2 Å². The van der Waals surface area contributed by atoms with Gasteiger partial charge in [0, 0.05) is 37.0 Å². The molecule has 0 spiro atoms. The maximum absolute atomic E-state index is 12.1. The fourth-order valence-electron chi connectivity index (χ4n) is 3.98. The van der Waals surface area contributed by atoms with Crippen LogP contribution >= 0.6 is 0 Å². The fraction of sp³-hybridized carbons (Fsp3) is 0.450. The van der Waals surface area contributed by atoms with Gasteiger partial charge in [-0.25, -0.2) is 9.97 Å². The molecule has 1 fully saturated rings. The molecule has 2 aromatic rings. The molecule has 1 aliphatic heterocycles. The van der Waals surface area contributed by atoms with Crippen LogP contribution in [0, 0.1) is 5.92 Å². The number of amides is 1. The van der Waals surface area contributed by atoms with Crippen molar-refractivity contribution in [3.05, 3.63) is 41.6 Å². The Morgan fingerprint density at radius 2 is 2.00 bits per heavy atom. The number of nitrogens with one attached hydrogen (secondary N) is 1. The number of nitrogens with zero attached hydrogens (tertiary/aromatic N) is 3. The maximum atomic E-state index is 12.1. The first-order valence-corrected chi connectivity index (χ1v) is 9.18. The average molecular weight is 336 g/mol. The number of carbonyl (C=O) groups excluding carboxylic acids is 1. The van der Waals surface area contributed by atoms with Crippen LogP contribution in [0.3, 0.4) is 0 Å². The van der Waals surface area contributed by atoms with Gasteiger partial charge in [0.05, 0.1) is 5.92 Å². The molecule has 5 heteroatoms. The molecule has 5 nitrogen and oxygen atoms in total. The summed E-state index contributed by atoms with van der Waals surface area (Å²) in [5, 5.41) is 2.80. The van der Waals surface area contributed by atoms with Crippen molar-refractivity contribution in [1.29, 1.82) is 0 Å². The zero-order chi connectivity index (χ0) is 17.2. The first-order valence-electron chi connectivity index (χ1n) is 9.18. The molecular weight excluding hydrogens is 312 g/mol. The SMILES string of the molecule is CNC(=O)[C@H]1CCCN(c2nc(-c3ccccc3)nc3c2CCC3)C1. The van der Waals surface area contributed by atoms with E-state index in [2.05, 4.69) is 22.3 Å².